The van der Waals surface area contributed by atoms with Crippen molar-refractivity contribution in [1.29, 1.82) is 0 Å². The molecule has 1 amide bonds. The van der Waals surface area contributed by atoms with E-state index in [1.807, 2.05) is 32.0 Å². The summed E-state index contributed by atoms with van der Waals surface area (Å²) in [5.41, 5.74) is 3.15. The molecule has 9 heteroatoms. The molecule has 2 heterocycles. The summed E-state index contributed by atoms with van der Waals surface area (Å²) in [4.78, 5) is 25.2. The van der Waals surface area contributed by atoms with Crippen LogP contribution in [0.3, 0.4) is 0 Å². The molecule has 0 fully saturated rings. The van der Waals surface area contributed by atoms with Gasteiger partial charge >= 0.3 is 5.56 Å². The van der Waals surface area contributed by atoms with Crippen molar-refractivity contribution in [3.8, 4) is 5.69 Å². The maximum Gasteiger partial charge on any atom is 0.300 e. The standard InChI is InChI=1S/C22H19ClFN5O2/c1-13-9-14(2)11-16(10-13)28-7-8-29-19(26-27-21(29)22(28)31)5-6-20(30)25-15-3-4-18(24)17(23)12-15/h3-4,7-12H,5-6H2,1-2H3,(H,25,30). The highest BCUT2D eigenvalue weighted by atomic mass is 35.5. The normalized spacial score (nSPS) is 11.1. The third kappa shape index (κ3) is 4.34. The van der Waals surface area contributed by atoms with Crippen LogP contribution in [0, 0.1) is 19.7 Å². The summed E-state index contributed by atoms with van der Waals surface area (Å²) in [6.45, 7) is 3.94. The van der Waals surface area contributed by atoms with E-state index in [9.17, 15) is 14.0 Å². The number of aromatic nitrogens is 4. The second kappa shape index (κ2) is 8.31. The molecule has 4 rings (SSSR count). The van der Waals surface area contributed by atoms with E-state index in [0.717, 1.165) is 16.8 Å². The number of aryl methyl sites for hydroxylation is 3. The van der Waals surface area contributed by atoms with Gasteiger partial charge in [0.05, 0.1) is 5.02 Å². The maximum atomic E-state index is 13.2. The SMILES string of the molecule is Cc1cc(C)cc(-n2ccn3c(CCC(=O)Nc4ccc(F)c(Cl)c4)nnc3c2=O)c1. The number of nitrogens with zero attached hydrogens (tertiary/aromatic N) is 4. The third-order valence-corrected chi connectivity index (χ3v) is 5.09. The van der Waals surface area contributed by atoms with Crippen LogP contribution in [0.25, 0.3) is 11.3 Å². The topological polar surface area (TPSA) is 81.3 Å². The molecule has 31 heavy (non-hydrogen) atoms. The summed E-state index contributed by atoms with van der Waals surface area (Å²) in [6, 6.07) is 9.85. The van der Waals surface area contributed by atoms with E-state index in [-0.39, 0.29) is 35.0 Å². The van der Waals surface area contributed by atoms with Crippen molar-refractivity contribution < 1.29 is 9.18 Å². The fourth-order valence-corrected chi connectivity index (χ4v) is 3.60. The minimum absolute atomic E-state index is 0.0682. The molecule has 4 aromatic rings. The largest absolute Gasteiger partial charge is 0.326 e. The van der Waals surface area contributed by atoms with Crippen LogP contribution in [0.1, 0.15) is 23.4 Å². The molecule has 0 saturated heterocycles. The van der Waals surface area contributed by atoms with Gasteiger partial charge in [-0.05, 0) is 55.3 Å². The smallest absolute Gasteiger partial charge is 0.300 e. The average Bonchev–Trinajstić information content (AvgIpc) is 3.13. The molecule has 2 aromatic carbocycles. The first-order chi connectivity index (χ1) is 14.8. The number of nitrogens with one attached hydrogen (secondary N) is 1. The van der Waals surface area contributed by atoms with Crippen molar-refractivity contribution in [2.75, 3.05) is 5.32 Å². The highest BCUT2D eigenvalue weighted by Gasteiger charge is 2.14. The van der Waals surface area contributed by atoms with E-state index in [1.54, 1.807) is 16.8 Å². The van der Waals surface area contributed by atoms with E-state index in [2.05, 4.69) is 15.5 Å². The van der Waals surface area contributed by atoms with Gasteiger partial charge in [-0.15, -0.1) is 10.2 Å². The van der Waals surface area contributed by atoms with Gasteiger partial charge in [-0.3, -0.25) is 18.6 Å². The Morgan fingerprint density at radius 3 is 2.55 bits per heavy atom. The van der Waals surface area contributed by atoms with Crippen LogP contribution in [-0.4, -0.2) is 25.1 Å². The zero-order valence-corrected chi connectivity index (χ0v) is 17.7. The number of hydrogen-bond donors (Lipinski definition) is 1. The van der Waals surface area contributed by atoms with Crippen LogP contribution in [0.2, 0.25) is 5.02 Å². The number of halogens is 2. The molecule has 158 valence electrons. The van der Waals surface area contributed by atoms with Crippen molar-refractivity contribution in [1.82, 2.24) is 19.2 Å². The summed E-state index contributed by atoms with van der Waals surface area (Å²) in [5, 5.41) is 10.7. The van der Waals surface area contributed by atoms with E-state index in [0.29, 0.717) is 11.5 Å². The number of benzene rings is 2. The first-order valence-corrected chi connectivity index (χ1v) is 9.98. The zero-order chi connectivity index (χ0) is 22.1. The van der Waals surface area contributed by atoms with Gasteiger partial charge in [0.15, 0.2) is 0 Å². The molecule has 0 unspecified atom stereocenters. The highest BCUT2D eigenvalue weighted by molar-refractivity contribution is 6.31. The number of fused-ring (bicyclic) bond motifs is 1. The van der Waals surface area contributed by atoms with Gasteiger partial charge < -0.3 is 5.32 Å². The Bertz CT molecular complexity index is 1340. The van der Waals surface area contributed by atoms with Crippen LogP contribution in [-0.2, 0) is 11.2 Å². The Kier molecular flexibility index (Phi) is 5.56. The van der Waals surface area contributed by atoms with Gasteiger partial charge in [0, 0.05) is 36.6 Å². The van der Waals surface area contributed by atoms with Crippen molar-refractivity contribution >= 4 is 28.8 Å². The van der Waals surface area contributed by atoms with Crippen molar-refractivity contribution in [3.05, 3.63) is 86.9 Å². The maximum absolute atomic E-state index is 13.2. The number of hydrogen-bond acceptors (Lipinski definition) is 4. The minimum Gasteiger partial charge on any atom is -0.326 e. The molecule has 2 aromatic heterocycles. The van der Waals surface area contributed by atoms with Crippen LogP contribution in [0.4, 0.5) is 10.1 Å². The first-order valence-electron chi connectivity index (χ1n) is 9.60. The minimum atomic E-state index is -0.555. The number of amides is 1. The average molecular weight is 440 g/mol. The van der Waals surface area contributed by atoms with Gasteiger partial charge in [-0.25, -0.2) is 4.39 Å². The molecule has 7 nitrogen and oxygen atoms in total. The molecule has 0 bridgehead atoms. The lowest BCUT2D eigenvalue weighted by Gasteiger charge is -2.09. The molecule has 0 aliphatic rings. The van der Waals surface area contributed by atoms with E-state index in [4.69, 9.17) is 11.6 Å². The molecule has 0 aliphatic heterocycles. The third-order valence-electron chi connectivity index (χ3n) is 4.80. The molecule has 0 radical (unpaired) electrons. The highest BCUT2D eigenvalue weighted by Crippen LogP contribution is 2.19. The predicted molar refractivity (Wildman–Crippen MR) is 116 cm³/mol. The molecule has 0 saturated carbocycles. The van der Waals surface area contributed by atoms with Gasteiger partial charge in [0.2, 0.25) is 11.6 Å². The van der Waals surface area contributed by atoms with Crippen LogP contribution in [0.5, 0.6) is 0 Å². The molecule has 1 N–H and O–H groups in total. The lowest BCUT2D eigenvalue weighted by molar-refractivity contribution is -0.116. The molecular formula is C22H19ClFN5O2. The Hall–Kier alpha value is -3.52. The molecular weight excluding hydrogens is 421 g/mol. The second-order valence-electron chi connectivity index (χ2n) is 7.31. The number of carbonyl (C=O) groups excluding carboxylic acids is 1. The first kappa shape index (κ1) is 20.7. The second-order valence-corrected chi connectivity index (χ2v) is 7.71. The van der Waals surface area contributed by atoms with Crippen molar-refractivity contribution in [2.24, 2.45) is 0 Å². The lowest BCUT2D eigenvalue weighted by atomic mass is 10.1. The molecule has 0 spiro atoms. The fraction of sp³-hybridized carbons (Fsp3) is 0.182. The Balaban J connectivity index is 1.53. The molecule has 0 aliphatic carbocycles. The lowest BCUT2D eigenvalue weighted by Crippen LogP contribution is -2.20. The summed E-state index contributed by atoms with van der Waals surface area (Å²) >= 11 is 5.73. The van der Waals surface area contributed by atoms with Crippen LogP contribution >= 0.6 is 11.6 Å². The number of carbonyl (C=O) groups is 1. The van der Waals surface area contributed by atoms with E-state index < -0.39 is 5.82 Å². The fourth-order valence-electron chi connectivity index (χ4n) is 3.42. The quantitative estimate of drug-likeness (QED) is 0.512. The van der Waals surface area contributed by atoms with Crippen LogP contribution < -0.4 is 10.9 Å². The summed E-state index contributed by atoms with van der Waals surface area (Å²) < 4.78 is 16.4. The summed E-state index contributed by atoms with van der Waals surface area (Å²) in [7, 11) is 0. The van der Waals surface area contributed by atoms with Crippen molar-refractivity contribution in [3.63, 3.8) is 0 Å². The van der Waals surface area contributed by atoms with Crippen molar-refractivity contribution in [2.45, 2.75) is 26.7 Å². The zero-order valence-electron chi connectivity index (χ0n) is 16.9. The van der Waals surface area contributed by atoms with E-state index in [1.165, 1.54) is 22.8 Å². The summed E-state index contributed by atoms with van der Waals surface area (Å²) in [6.07, 6.45) is 3.75. The van der Waals surface area contributed by atoms with Gasteiger partial charge in [-0.2, -0.15) is 0 Å². The number of rotatable bonds is 5. The Morgan fingerprint density at radius 1 is 1.10 bits per heavy atom. The van der Waals surface area contributed by atoms with Gasteiger partial charge in [0.25, 0.3) is 0 Å². The monoisotopic (exact) mass is 439 g/mol. The number of anilines is 1. The van der Waals surface area contributed by atoms with E-state index >= 15 is 0 Å². The Labute approximate surface area is 182 Å². The van der Waals surface area contributed by atoms with Gasteiger partial charge in [0.1, 0.15) is 11.6 Å². The summed E-state index contributed by atoms with van der Waals surface area (Å²) in [5.74, 6) is -0.351. The van der Waals surface area contributed by atoms with Gasteiger partial charge in [-0.1, -0.05) is 17.7 Å². The molecule has 0 atom stereocenters. The van der Waals surface area contributed by atoms with Crippen LogP contribution in [0.15, 0.2) is 53.6 Å². The predicted octanol–water partition coefficient (Wildman–Crippen LogP) is 3.86. The Morgan fingerprint density at radius 2 is 1.84 bits per heavy atom.